The summed E-state index contributed by atoms with van der Waals surface area (Å²) < 4.78 is 77.9. The van der Waals surface area contributed by atoms with Gasteiger partial charge in [0.2, 0.25) is 0 Å². The van der Waals surface area contributed by atoms with Gasteiger partial charge in [-0.1, -0.05) is 0 Å². The molecule has 2 rings (SSSR count). The van der Waals surface area contributed by atoms with E-state index in [2.05, 4.69) is 0 Å². The molecule has 28 heavy (non-hydrogen) atoms. The third-order valence-electron chi connectivity index (χ3n) is 3.50. The molecule has 0 atom stereocenters. The van der Waals surface area contributed by atoms with Crippen LogP contribution in [-0.4, -0.2) is 40.6 Å². The first-order valence-corrected chi connectivity index (χ1v) is 11.4. The van der Waals surface area contributed by atoms with E-state index in [0.717, 1.165) is 24.3 Å². The van der Waals surface area contributed by atoms with Gasteiger partial charge in [-0.2, -0.15) is 0 Å². The number of alkyl halides is 6. The maximum atomic E-state index is 12.7. The standard InChI is InChI=1S/C19H16F6OSe2/c1-17(2,26)16(28-15-9-5-13(6-10-15)19(23,24)25)11-27-14-7-3-12(4-8-14)18(20,21)22/h3-11,26H,1-2H3/b16-11+. The zero-order valence-electron chi connectivity index (χ0n) is 14.7. The van der Waals surface area contributed by atoms with Gasteiger partial charge in [0.15, 0.2) is 0 Å². The molecule has 0 unspecified atom stereocenters. The Bertz CT molecular complexity index is 816. The van der Waals surface area contributed by atoms with Crippen LogP contribution < -0.4 is 8.92 Å². The molecule has 0 aliphatic heterocycles. The molecule has 2 aromatic carbocycles. The van der Waals surface area contributed by atoms with E-state index in [1.165, 1.54) is 24.3 Å². The normalized spacial score (nSPS) is 13.7. The monoisotopic (exact) mass is 534 g/mol. The first-order valence-electron chi connectivity index (χ1n) is 7.89. The second-order valence-electron chi connectivity index (χ2n) is 6.31. The molecule has 0 radical (unpaired) electrons. The van der Waals surface area contributed by atoms with Crippen LogP contribution in [0.5, 0.6) is 0 Å². The Morgan fingerprint density at radius 1 is 0.750 bits per heavy atom. The summed E-state index contributed by atoms with van der Waals surface area (Å²) >= 11 is -0.747. The number of hydrogen-bond donors (Lipinski definition) is 1. The van der Waals surface area contributed by atoms with E-state index >= 15 is 0 Å². The molecule has 0 fully saturated rings. The van der Waals surface area contributed by atoms with Crippen molar-refractivity contribution >= 4 is 38.8 Å². The van der Waals surface area contributed by atoms with Crippen molar-refractivity contribution in [3.63, 3.8) is 0 Å². The molecular formula is C19H16F6OSe2. The average Bonchev–Trinajstić information content (AvgIpc) is 2.57. The predicted molar refractivity (Wildman–Crippen MR) is 98.0 cm³/mol. The molecule has 0 saturated heterocycles. The van der Waals surface area contributed by atoms with Crippen LogP contribution in [0.4, 0.5) is 26.3 Å². The Morgan fingerprint density at radius 3 is 1.50 bits per heavy atom. The van der Waals surface area contributed by atoms with Crippen LogP contribution in [0.1, 0.15) is 25.0 Å². The Balaban J connectivity index is 2.17. The molecule has 1 nitrogen and oxygen atoms in total. The van der Waals surface area contributed by atoms with Crippen LogP contribution in [-0.2, 0) is 12.4 Å². The van der Waals surface area contributed by atoms with Gasteiger partial charge < -0.3 is 0 Å². The second-order valence-corrected chi connectivity index (χ2v) is 10.6. The Morgan fingerprint density at radius 2 is 1.14 bits per heavy atom. The second kappa shape index (κ2) is 8.64. The molecule has 0 aliphatic carbocycles. The van der Waals surface area contributed by atoms with Crippen LogP contribution in [0.25, 0.3) is 0 Å². The first kappa shape index (κ1) is 23.0. The maximum absolute atomic E-state index is 12.7. The Kier molecular flexibility index (Phi) is 7.11. The van der Waals surface area contributed by atoms with Crippen LogP contribution >= 0.6 is 0 Å². The third kappa shape index (κ3) is 6.67. The SMILES string of the molecule is CC(C)(O)/C(=C\[Se]c1ccc(C(F)(F)F)cc1)[Se]c1ccc(C(F)(F)F)cc1. The summed E-state index contributed by atoms with van der Waals surface area (Å²) in [6.07, 6.45) is -8.81. The molecule has 0 saturated carbocycles. The summed E-state index contributed by atoms with van der Waals surface area (Å²) in [5.41, 5.74) is -2.65. The summed E-state index contributed by atoms with van der Waals surface area (Å²) in [6, 6.07) is 9.57. The van der Waals surface area contributed by atoms with Crippen molar-refractivity contribution in [1.29, 1.82) is 0 Å². The van der Waals surface area contributed by atoms with Crippen molar-refractivity contribution in [3.8, 4) is 0 Å². The molecule has 0 aliphatic rings. The van der Waals surface area contributed by atoms with E-state index in [4.69, 9.17) is 0 Å². The molecule has 0 bridgehead atoms. The molecular weight excluding hydrogens is 516 g/mol. The van der Waals surface area contributed by atoms with Gasteiger partial charge in [-0.3, -0.25) is 0 Å². The van der Waals surface area contributed by atoms with E-state index in [9.17, 15) is 31.4 Å². The topological polar surface area (TPSA) is 20.2 Å². The fraction of sp³-hybridized carbons (Fsp3) is 0.263. The number of aliphatic hydroxyl groups is 1. The van der Waals surface area contributed by atoms with Crippen molar-refractivity contribution in [3.05, 3.63) is 69.1 Å². The van der Waals surface area contributed by atoms with Crippen molar-refractivity contribution < 1.29 is 31.4 Å². The molecule has 0 aromatic heterocycles. The van der Waals surface area contributed by atoms with E-state index in [-0.39, 0.29) is 15.0 Å². The van der Waals surface area contributed by atoms with Gasteiger partial charge in [-0.15, -0.1) is 0 Å². The molecule has 0 amide bonds. The van der Waals surface area contributed by atoms with Gasteiger partial charge in [-0.25, -0.2) is 0 Å². The average molecular weight is 532 g/mol. The van der Waals surface area contributed by atoms with Gasteiger partial charge in [0, 0.05) is 0 Å². The van der Waals surface area contributed by atoms with Gasteiger partial charge >= 0.3 is 171 Å². The summed E-state index contributed by atoms with van der Waals surface area (Å²) in [7, 11) is 0. The molecule has 152 valence electrons. The van der Waals surface area contributed by atoms with Crippen molar-refractivity contribution in [2.24, 2.45) is 0 Å². The van der Waals surface area contributed by atoms with Gasteiger partial charge in [-0.05, 0) is 0 Å². The minimum absolute atomic E-state index is 0.326. The molecule has 9 heteroatoms. The van der Waals surface area contributed by atoms with Gasteiger partial charge in [0.1, 0.15) is 0 Å². The summed E-state index contributed by atoms with van der Waals surface area (Å²) in [5, 5.41) is 10.4. The molecule has 1 N–H and O–H groups in total. The van der Waals surface area contributed by atoms with Crippen LogP contribution in [0, 0.1) is 0 Å². The summed E-state index contributed by atoms with van der Waals surface area (Å²) in [4.78, 5) is 1.78. The Hall–Kier alpha value is -1.24. The van der Waals surface area contributed by atoms with Crippen molar-refractivity contribution in [2.45, 2.75) is 31.8 Å². The minimum atomic E-state index is -4.41. The molecule has 2 aromatic rings. The fourth-order valence-corrected chi connectivity index (χ4v) is 6.48. The van der Waals surface area contributed by atoms with E-state index < -0.39 is 44.0 Å². The first-order chi connectivity index (χ1) is 12.8. The summed E-state index contributed by atoms with van der Waals surface area (Å²) in [6.45, 7) is 3.15. The zero-order chi connectivity index (χ0) is 21.2. The molecule has 0 heterocycles. The van der Waals surface area contributed by atoms with E-state index in [0.29, 0.717) is 13.4 Å². The van der Waals surface area contributed by atoms with E-state index in [1.54, 1.807) is 18.8 Å². The van der Waals surface area contributed by atoms with Crippen LogP contribution in [0.15, 0.2) is 58.0 Å². The predicted octanol–water partition coefficient (Wildman–Crippen LogP) is 3.70. The van der Waals surface area contributed by atoms with Crippen molar-refractivity contribution in [1.82, 2.24) is 0 Å². The zero-order valence-corrected chi connectivity index (χ0v) is 18.2. The van der Waals surface area contributed by atoms with Gasteiger partial charge in [0.05, 0.1) is 0 Å². The number of hydrogen-bond acceptors (Lipinski definition) is 1. The molecule has 0 spiro atoms. The third-order valence-corrected chi connectivity index (χ3v) is 8.96. The van der Waals surface area contributed by atoms with Crippen LogP contribution in [0.3, 0.4) is 0 Å². The Labute approximate surface area is 171 Å². The van der Waals surface area contributed by atoms with Crippen molar-refractivity contribution in [2.75, 3.05) is 0 Å². The number of benzene rings is 2. The summed E-state index contributed by atoms with van der Waals surface area (Å²) in [5.74, 6) is 0. The van der Waals surface area contributed by atoms with Gasteiger partial charge in [0.25, 0.3) is 0 Å². The number of halogens is 6. The number of rotatable bonds is 5. The fourth-order valence-electron chi connectivity index (χ4n) is 1.98. The van der Waals surface area contributed by atoms with E-state index in [1.807, 2.05) is 0 Å². The quantitative estimate of drug-likeness (QED) is 0.461. The van der Waals surface area contributed by atoms with Crippen LogP contribution in [0.2, 0.25) is 0 Å².